The third kappa shape index (κ3) is 4.09. The molecule has 0 bridgehead atoms. The molecule has 1 rings (SSSR count). The van der Waals surface area contributed by atoms with Gasteiger partial charge in [0.1, 0.15) is 4.90 Å². The van der Waals surface area contributed by atoms with E-state index in [1.54, 1.807) is 20.8 Å². The van der Waals surface area contributed by atoms with Crippen LogP contribution < -0.4 is 10.5 Å². The van der Waals surface area contributed by atoms with Gasteiger partial charge in [-0.3, -0.25) is 5.10 Å². The van der Waals surface area contributed by atoms with E-state index in [0.717, 1.165) is 0 Å². The Balaban J connectivity index is 0.00000225. The van der Waals surface area contributed by atoms with E-state index in [4.69, 9.17) is 5.73 Å². The first-order valence-corrected chi connectivity index (χ1v) is 5.99. The number of hydrogen-bond donors (Lipinski definition) is 3. The number of aromatic amines is 1. The SMILES string of the molecule is Cc1[nH]ncc1S(=O)(=O)NCC(C)(C)N.Cl. The van der Waals surface area contributed by atoms with Crippen molar-refractivity contribution in [2.24, 2.45) is 5.73 Å². The van der Waals surface area contributed by atoms with Crippen molar-refractivity contribution in [3.63, 3.8) is 0 Å². The van der Waals surface area contributed by atoms with E-state index in [-0.39, 0.29) is 23.8 Å². The molecule has 0 unspecified atom stereocenters. The second-order valence-corrected chi connectivity index (χ2v) is 5.91. The first kappa shape index (κ1) is 15.4. The lowest BCUT2D eigenvalue weighted by molar-refractivity contribution is 0.497. The van der Waals surface area contributed by atoms with Crippen molar-refractivity contribution in [2.45, 2.75) is 31.2 Å². The van der Waals surface area contributed by atoms with Gasteiger partial charge >= 0.3 is 0 Å². The minimum Gasteiger partial charge on any atom is -0.324 e. The third-order valence-electron chi connectivity index (χ3n) is 1.79. The molecule has 4 N–H and O–H groups in total. The number of hydrogen-bond acceptors (Lipinski definition) is 4. The molecule has 0 aliphatic heterocycles. The highest BCUT2D eigenvalue weighted by Crippen LogP contribution is 2.10. The smallest absolute Gasteiger partial charge is 0.244 e. The van der Waals surface area contributed by atoms with E-state index in [2.05, 4.69) is 14.9 Å². The van der Waals surface area contributed by atoms with E-state index in [0.29, 0.717) is 5.69 Å². The lowest BCUT2D eigenvalue weighted by atomic mass is 10.1. The number of rotatable bonds is 4. The molecule has 0 saturated carbocycles. The fourth-order valence-corrected chi connectivity index (χ4v) is 2.33. The number of nitrogens with zero attached hydrogens (tertiary/aromatic N) is 1. The molecule has 0 spiro atoms. The van der Waals surface area contributed by atoms with Gasteiger partial charge in [0, 0.05) is 12.1 Å². The van der Waals surface area contributed by atoms with Gasteiger partial charge in [-0.1, -0.05) is 0 Å². The molecule has 1 aromatic heterocycles. The van der Waals surface area contributed by atoms with Crippen LogP contribution in [0.2, 0.25) is 0 Å². The molecule has 0 radical (unpaired) electrons. The van der Waals surface area contributed by atoms with Gasteiger partial charge in [-0.05, 0) is 20.8 Å². The summed E-state index contributed by atoms with van der Waals surface area (Å²) in [6.07, 6.45) is 1.28. The summed E-state index contributed by atoms with van der Waals surface area (Å²) in [6.45, 7) is 5.32. The van der Waals surface area contributed by atoms with Crippen molar-refractivity contribution in [1.82, 2.24) is 14.9 Å². The summed E-state index contributed by atoms with van der Waals surface area (Å²) in [4.78, 5) is 0.159. The lowest BCUT2D eigenvalue weighted by Crippen LogP contribution is -2.45. The average molecular weight is 269 g/mol. The van der Waals surface area contributed by atoms with Crippen molar-refractivity contribution in [3.8, 4) is 0 Å². The minimum absolute atomic E-state index is 0. The van der Waals surface area contributed by atoms with Crippen molar-refractivity contribution in [1.29, 1.82) is 0 Å². The summed E-state index contributed by atoms with van der Waals surface area (Å²) < 4.78 is 25.9. The number of nitrogens with one attached hydrogen (secondary N) is 2. The summed E-state index contributed by atoms with van der Waals surface area (Å²) in [7, 11) is -3.50. The highest BCUT2D eigenvalue weighted by Gasteiger charge is 2.21. The zero-order chi connectivity index (χ0) is 11.7. The van der Waals surface area contributed by atoms with Gasteiger partial charge in [-0.15, -0.1) is 12.4 Å². The normalized spacial score (nSPS) is 12.2. The first-order chi connectivity index (χ1) is 6.72. The van der Waals surface area contributed by atoms with Crippen LogP contribution >= 0.6 is 12.4 Å². The van der Waals surface area contributed by atoms with Gasteiger partial charge in [0.25, 0.3) is 0 Å². The van der Waals surface area contributed by atoms with Gasteiger partial charge in [0.05, 0.1) is 11.9 Å². The second kappa shape index (κ2) is 5.13. The fraction of sp³-hybridized carbons (Fsp3) is 0.625. The number of nitrogens with two attached hydrogens (primary N) is 1. The lowest BCUT2D eigenvalue weighted by Gasteiger charge is -2.18. The zero-order valence-corrected chi connectivity index (χ0v) is 11.1. The molecular weight excluding hydrogens is 252 g/mol. The van der Waals surface area contributed by atoms with Crippen LogP contribution in [0.15, 0.2) is 11.1 Å². The van der Waals surface area contributed by atoms with Crippen LogP contribution in [0.3, 0.4) is 0 Å². The highest BCUT2D eigenvalue weighted by atomic mass is 35.5. The van der Waals surface area contributed by atoms with Crippen LogP contribution in [0.4, 0.5) is 0 Å². The number of aryl methyl sites for hydroxylation is 1. The Morgan fingerprint density at radius 2 is 2.12 bits per heavy atom. The molecule has 94 valence electrons. The topological polar surface area (TPSA) is 101 Å². The molecule has 0 fully saturated rings. The monoisotopic (exact) mass is 268 g/mol. The molecule has 1 heterocycles. The molecular formula is C8H17ClN4O2S. The Bertz CT molecular complexity index is 435. The highest BCUT2D eigenvalue weighted by molar-refractivity contribution is 7.89. The van der Waals surface area contributed by atoms with Crippen molar-refractivity contribution in [2.75, 3.05) is 6.54 Å². The van der Waals surface area contributed by atoms with Gasteiger partial charge in [-0.25, -0.2) is 13.1 Å². The van der Waals surface area contributed by atoms with E-state index in [9.17, 15) is 8.42 Å². The Hall–Kier alpha value is -0.630. The molecule has 0 aliphatic rings. The predicted molar refractivity (Wildman–Crippen MR) is 64.0 cm³/mol. The standard InChI is InChI=1S/C8H16N4O2S.ClH/c1-6-7(4-10-12-6)15(13,14)11-5-8(2,3)9;/h4,11H,5,9H2,1-3H3,(H,10,12);1H. The maximum atomic E-state index is 11.7. The summed E-state index contributed by atoms with van der Waals surface area (Å²) in [5, 5.41) is 6.23. The van der Waals surface area contributed by atoms with Crippen LogP contribution in [-0.4, -0.2) is 30.7 Å². The largest absolute Gasteiger partial charge is 0.324 e. The van der Waals surface area contributed by atoms with Crippen LogP contribution in [0.1, 0.15) is 19.5 Å². The van der Waals surface area contributed by atoms with E-state index in [1.165, 1.54) is 6.20 Å². The fourth-order valence-electron chi connectivity index (χ4n) is 0.969. The summed E-state index contributed by atoms with van der Waals surface area (Å²) in [5.41, 5.74) is 5.62. The number of sulfonamides is 1. The molecule has 1 aromatic rings. The van der Waals surface area contributed by atoms with Gasteiger partial charge < -0.3 is 5.73 Å². The van der Waals surface area contributed by atoms with Crippen LogP contribution in [0, 0.1) is 6.92 Å². The maximum absolute atomic E-state index is 11.7. The average Bonchev–Trinajstić information content (AvgIpc) is 2.47. The number of halogens is 1. The van der Waals surface area contributed by atoms with E-state index < -0.39 is 15.6 Å². The van der Waals surface area contributed by atoms with E-state index in [1.807, 2.05) is 0 Å². The molecule has 0 atom stereocenters. The second-order valence-electron chi connectivity index (χ2n) is 4.17. The third-order valence-corrected chi connectivity index (χ3v) is 3.31. The first-order valence-electron chi connectivity index (χ1n) is 4.51. The van der Waals surface area contributed by atoms with Crippen molar-refractivity contribution >= 4 is 22.4 Å². The summed E-state index contributed by atoms with van der Waals surface area (Å²) in [5.74, 6) is 0. The summed E-state index contributed by atoms with van der Waals surface area (Å²) in [6, 6.07) is 0. The number of aromatic nitrogens is 2. The van der Waals surface area contributed by atoms with Gasteiger partial charge in [0.2, 0.25) is 10.0 Å². The molecule has 8 heteroatoms. The van der Waals surface area contributed by atoms with Crippen molar-refractivity contribution in [3.05, 3.63) is 11.9 Å². The Morgan fingerprint density at radius 1 is 1.56 bits per heavy atom. The molecule has 0 aromatic carbocycles. The van der Waals surface area contributed by atoms with Crippen LogP contribution in [0.5, 0.6) is 0 Å². The molecule has 0 aliphatic carbocycles. The van der Waals surface area contributed by atoms with Crippen LogP contribution in [-0.2, 0) is 10.0 Å². The van der Waals surface area contributed by atoms with Crippen molar-refractivity contribution < 1.29 is 8.42 Å². The quantitative estimate of drug-likeness (QED) is 0.724. The summed E-state index contributed by atoms with van der Waals surface area (Å²) >= 11 is 0. The Kier molecular flexibility index (Phi) is 4.93. The minimum atomic E-state index is -3.50. The van der Waals surface area contributed by atoms with Crippen LogP contribution in [0.25, 0.3) is 0 Å². The van der Waals surface area contributed by atoms with E-state index >= 15 is 0 Å². The molecule has 16 heavy (non-hydrogen) atoms. The Morgan fingerprint density at radius 3 is 2.50 bits per heavy atom. The zero-order valence-electron chi connectivity index (χ0n) is 9.44. The molecule has 0 saturated heterocycles. The Labute approximate surface area is 101 Å². The number of H-pyrrole nitrogens is 1. The molecule has 0 amide bonds. The van der Waals surface area contributed by atoms with Gasteiger partial charge in [-0.2, -0.15) is 5.10 Å². The van der Waals surface area contributed by atoms with Gasteiger partial charge in [0.15, 0.2) is 0 Å². The predicted octanol–water partition coefficient (Wildman–Crippen LogP) is 0.156. The molecule has 6 nitrogen and oxygen atoms in total. The maximum Gasteiger partial charge on any atom is 0.244 e.